The highest BCUT2D eigenvalue weighted by Crippen LogP contribution is 2.39. The smallest absolute Gasteiger partial charge is 0.0966 e. The van der Waals surface area contributed by atoms with E-state index in [-0.39, 0.29) is 5.25 Å². The quantitative estimate of drug-likeness (QED) is 0.647. The van der Waals surface area contributed by atoms with Crippen molar-refractivity contribution in [2.75, 3.05) is 0 Å². The van der Waals surface area contributed by atoms with Gasteiger partial charge in [0.2, 0.25) is 0 Å². The van der Waals surface area contributed by atoms with Crippen molar-refractivity contribution in [1.29, 1.82) is 0 Å². The fraction of sp³-hybridized carbons (Fsp3) is 0.143. The maximum atomic E-state index is 6.06. The second-order valence-electron chi connectivity index (χ2n) is 4.18. The molecule has 1 unspecified atom stereocenters. The van der Waals surface area contributed by atoms with Crippen molar-refractivity contribution in [3.8, 4) is 0 Å². The van der Waals surface area contributed by atoms with E-state index >= 15 is 0 Å². The van der Waals surface area contributed by atoms with Crippen molar-refractivity contribution in [2.45, 2.75) is 16.8 Å². The van der Waals surface area contributed by atoms with Crippen LogP contribution in [-0.4, -0.2) is 14.5 Å². The highest BCUT2D eigenvalue weighted by atomic mass is 35.5. The van der Waals surface area contributed by atoms with E-state index in [1.54, 1.807) is 29.3 Å². The molecular formula is C14H12ClN3S2. The molecule has 0 radical (unpaired) electrons. The zero-order valence-corrected chi connectivity index (χ0v) is 12.9. The van der Waals surface area contributed by atoms with Crippen LogP contribution < -0.4 is 0 Å². The second kappa shape index (κ2) is 6.43. The van der Waals surface area contributed by atoms with Gasteiger partial charge in [0.05, 0.1) is 20.9 Å². The van der Waals surface area contributed by atoms with Crippen molar-refractivity contribution in [2.24, 2.45) is 0 Å². The van der Waals surface area contributed by atoms with E-state index in [1.807, 2.05) is 43.0 Å². The number of thiophene rings is 1. The normalized spacial score (nSPS) is 12.4. The maximum Gasteiger partial charge on any atom is 0.0966 e. The summed E-state index contributed by atoms with van der Waals surface area (Å²) < 4.78 is 2.89. The van der Waals surface area contributed by atoms with Gasteiger partial charge in [-0.15, -0.1) is 11.3 Å². The third kappa shape index (κ3) is 3.42. The largest absolute Gasteiger partial charge is 0.336 e. The Hall–Kier alpha value is -1.30. The minimum Gasteiger partial charge on any atom is -0.336 e. The molecule has 6 heteroatoms. The number of rotatable bonds is 5. The summed E-state index contributed by atoms with van der Waals surface area (Å²) in [5.74, 6) is 0. The van der Waals surface area contributed by atoms with Gasteiger partial charge in [0.15, 0.2) is 0 Å². The van der Waals surface area contributed by atoms with Crippen LogP contribution in [-0.2, 0) is 6.54 Å². The first-order valence-electron chi connectivity index (χ1n) is 6.10. The van der Waals surface area contributed by atoms with Crippen molar-refractivity contribution in [3.05, 3.63) is 64.5 Å². The van der Waals surface area contributed by atoms with E-state index in [9.17, 15) is 0 Å². The zero-order chi connectivity index (χ0) is 13.8. The van der Waals surface area contributed by atoms with E-state index in [2.05, 4.69) is 20.6 Å². The van der Waals surface area contributed by atoms with Gasteiger partial charge in [-0.2, -0.15) is 0 Å². The molecule has 0 aliphatic carbocycles. The van der Waals surface area contributed by atoms with Gasteiger partial charge in [-0.25, -0.2) is 9.97 Å². The number of halogens is 1. The molecule has 20 heavy (non-hydrogen) atoms. The molecule has 0 fully saturated rings. The Morgan fingerprint density at radius 2 is 2.20 bits per heavy atom. The highest BCUT2D eigenvalue weighted by Gasteiger charge is 2.16. The average molecular weight is 322 g/mol. The van der Waals surface area contributed by atoms with Gasteiger partial charge in [-0.1, -0.05) is 29.4 Å². The molecule has 3 nitrogen and oxygen atoms in total. The standard InChI is InChI=1S/C14H12ClN3S2/c15-13-5-4-11(19-13)12(9-18-8-7-16-10-18)20-14-3-1-2-6-17-14/h1-8,10,12H,9H2. The molecule has 102 valence electrons. The second-order valence-corrected chi connectivity index (χ2v) is 7.15. The molecule has 0 saturated heterocycles. The number of hydrogen-bond acceptors (Lipinski definition) is 4. The third-order valence-corrected chi connectivity index (χ3v) is 5.41. The van der Waals surface area contributed by atoms with Crippen LogP contribution in [0.4, 0.5) is 0 Å². The first kappa shape index (κ1) is 13.7. The topological polar surface area (TPSA) is 30.7 Å². The molecule has 0 aromatic carbocycles. The monoisotopic (exact) mass is 321 g/mol. The predicted octanol–water partition coefficient (Wildman–Crippen LogP) is 4.53. The van der Waals surface area contributed by atoms with Gasteiger partial charge in [-0.05, 0) is 24.3 Å². The molecule has 3 aromatic heterocycles. The van der Waals surface area contributed by atoms with Gasteiger partial charge in [-0.3, -0.25) is 0 Å². The molecule has 0 amide bonds. The van der Waals surface area contributed by atoms with Crippen molar-refractivity contribution < 1.29 is 0 Å². The number of aromatic nitrogens is 3. The highest BCUT2D eigenvalue weighted by molar-refractivity contribution is 7.99. The van der Waals surface area contributed by atoms with Crippen molar-refractivity contribution in [1.82, 2.24) is 14.5 Å². The molecule has 0 aliphatic rings. The van der Waals surface area contributed by atoms with Crippen LogP contribution in [0.5, 0.6) is 0 Å². The Balaban J connectivity index is 1.83. The van der Waals surface area contributed by atoms with Crippen LogP contribution in [0.2, 0.25) is 4.34 Å². The summed E-state index contributed by atoms with van der Waals surface area (Å²) in [5.41, 5.74) is 0. The fourth-order valence-electron chi connectivity index (χ4n) is 1.84. The van der Waals surface area contributed by atoms with Gasteiger partial charge in [0.1, 0.15) is 0 Å². The summed E-state index contributed by atoms with van der Waals surface area (Å²) in [7, 11) is 0. The summed E-state index contributed by atoms with van der Waals surface area (Å²) in [6.07, 6.45) is 7.42. The summed E-state index contributed by atoms with van der Waals surface area (Å²) in [4.78, 5) is 9.74. The lowest BCUT2D eigenvalue weighted by molar-refractivity contribution is 0.688. The molecular weight excluding hydrogens is 310 g/mol. The van der Waals surface area contributed by atoms with Gasteiger partial charge in [0.25, 0.3) is 0 Å². The van der Waals surface area contributed by atoms with Gasteiger partial charge in [0, 0.05) is 30.0 Å². The van der Waals surface area contributed by atoms with E-state index in [0.29, 0.717) is 0 Å². The minimum atomic E-state index is 0.275. The maximum absolute atomic E-state index is 6.06. The van der Waals surface area contributed by atoms with E-state index in [4.69, 9.17) is 11.6 Å². The number of thioether (sulfide) groups is 1. The summed E-state index contributed by atoms with van der Waals surface area (Å²) >= 11 is 9.43. The molecule has 3 heterocycles. The number of nitrogens with zero attached hydrogens (tertiary/aromatic N) is 3. The molecule has 3 aromatic rings. The summed E-state index contributed by atoms with van der Waals surface area (Å²) in [5, 5.41) is 1.29. The van der Waals surface area contributed by atoms with Crippen LogP contribution in [0.3, 0.4) is 0 Å². The fourth-order valence-corrected chi connectivity index (χ4v) is 4.17. The molecule has 0 N–H and O–H groups in total. The summed E-state index contributed by atoms with van der Waals surface area (Å²) in [6, 6.07) is 9.99. The lowest BCUT2D eigenvalue weighted by Crippen LogP contribution is -2.03. The molecule has 0 bridgehead atoms. The first-order chi connectivity index (χ1) is 9.81. The lowest BCUT2D eigenvalue weighted by Gasteiger charge is -2.15. The van der Waals surface area contributed by atoms with Crippen molar-refractivity contribution in [3.63, 3.8) is 0 Å². The van der Waals surface area contributed by atoms with E-state index in [0.717, 1.165) is 15.9 Å². The molecule has 1 atom stereocenters. The number of hydrogen-bond donors (Lipinski definition) is 0. The van der Waals surface area contributed by atoms with Crippen LogP contribution in [0.15, 0.2) is 60.3 Å². The van der Waals surface area contributed by atoms with Gasteiger partial charge < -0.3 is 4.57 Å². The zero-order valence-electron chi connectivity index (χ0n) is 10.5. The molecule has 0 spiro atoms. The van der Waals surface area contributed by atoms with Crippen LogP contribution in [0.1, 0.15) is 10.1 Å². The van der Waals surface area contributed by atoms with Crippen molar-refractivity contribution >= 4 is 34.7 Å². The van der Waals surface area contributed by atoms with Gasteiger partial charge >= 0.3 is 0 Å². The first-order valence-corrected chi connectivity index (χ1v) is 8.17. The Kier molecular flexibility index (Phi) is 4.40. The van der Waals surface area contributed by atoms with E-state index < -0.39 is 0 Å². The van der Waals surface area contributed by atoms with E-state index in [1.165, 1.54) is 4.88 Å². The molecule has 0 saturated carbocycles. The Morgan fingerprint density at radius 3 is 2.85 bits per heavy atom. The SMILES string of the molecule is Clc1ccc(C(Cn2ccnc2)Sc2ccccn2)s1. The molecule has 0 aliphatic heterocycles. The third-order valence-electron chi connectivity index (χ3n) is 2.75. The van der Waals surface area contributed by atoms with Crippen LogP contribution in [0, 0.1) is 0 Å². The Morgan fingerprint density at radius 1 is 1.25 bits per heavy atom. The number of pyridine rings is 1. The Labute approximate surface area is 130 Å². The number of imidazole rings is 1. The minimum absolute atomic E-state index is 0.275. The summed E-state index contributed by atoms with van der Waals surface area (Å²) in [6.45, 7) is 0.845. The predicted molar refractivity (Wildman–Crippen MR) is 84.4 cm³/mol. The lowest BCUT2D eigenvalue weighted by atomic mass is 10.3. The van der Waals surface area contributed by atoms with Crippen LogP contribution >= 0.6 is 34.7 Å². The average Bonchev–Trinajstić information content (AvgIpc) is 3.11. The Bertz CT molecular complexity index is 652. The molecule has 3 rings (SSSR count). The van der Waals surface area contributed by atoms with Crippen LogP contribution in [0.25, 0.3) is 0 Å².